The number of amides is 1. The monoisotopic (exact) mass is 301 g/mol. The largest absolute Gasteiger partial charge is 0.444 e. The molecule has 2 rings (SSSR count). The number of aromatic nitrogens is 2. The van der Waals surface area contributed by atoms with Crippen LogP contribution in [0.25, 0.3) is 5.57 Å². The molecule has 1 aliphatic rings. The number of nitrogens with zero attached hydrogens (tertiary/aromatic N) is 3. The number of fused-ring (bicyclic) bond motifs is 1. The molecule has 0 radical (unpaired) electrons. The summed E-state index contributed by atoms with van der Waals surface area (Å²) in [5, 5.41) is 0. The lowest BCUT2D eigenvalue weighted by atomic mass is 10.1. The molecule has 0 saturated carbocycles. The summed E-state index contributed by atoms with van der Waals surface area (Å²) in [6.07, 6.45) is 5.94. The Hall–Kier alpha value is -2.17. The van der Waals surface area contributed by atoms with Crippen molar-refractivity contribution in [3.8, 4) is 0 Å². The average Bonchev–Trinajstić information content (AvgIpc) is 2.46. The van der Waals surface area contributed by atoms with Crippen LogP contribution in [-0.4, -0.2) is 33.1 Å². The highest BCUT2D eigenvalue weighted by atomic mass is 16.6. The number of hydrogen-bond acceptors (Lipinski definition) is 4. The Morgan fingerprint density at radius 1 is 1.45 bits per heavy atom. The second kappa shape index (κ2) is 6.30. The molecule has 0 spiro atoms. The highest BCUT2D eigenvalue weighted by Crippen LogP contribution is 2.21. The molecular formula is C17H23N3O2. The predicted molar refractivity (Wildman–Crippen MR) is 86.2 cm³/mol. The molecule has 1 aliphatic heterocycles. The van der Waals surface area contributed by atoms with E-state index >= 15 is 0 Å². The SMILES string of the molecule is C=C/C(=C\C)c1ncc2c(n1)CN(C(=O)OC(C)(C)C)CC2. The van der Waals surface area contributed by atoms with Gasteiger partial charge in [0.25, 0.3) is 0 Å². The van der Waals surface area contributed by atoms with Gasteiger partial charge in [-0.2, -0.15) is 0 Å². The Balaban J connectivity index is 2.20. The van der Waals surface area contributed by atoms with Gasteiger partial charge < -0.3 is 9.64 Å². The summed E-state index contributed by atoms with van der Waals surface area (Å²) in [6, 6.07) is 0. The number of allylic oxidation sites excluding steroid dienone is 3. The predicted octanol–water partition coefficient (Wildman–Crippen LogP) is 3.36. The third kappa shape index (κ3) is 3.72. The zero-order valence-electron chi connectivity index (χ0n) is 13.7. The van der Waals surface area contributed by atoms with Crippen LogP contribution in [0.2, 0.25) is 0 Å². The molecule has 0 saturated heterocycles. The first-order chi connectivity index (χ1) is 10.3. The van der Waals surface area contributed by atoms with Gasteiger partial charge >= 0.3 is 6.09 Å². The van der Waals surface area contributed by atoms with Crippen molar-refractivity contribution < 1.29 is 9.53 Å². The Morgan fingerprint density at radius 2 is 2.18 bits per heavy atom. The summed E-state index contributed by atoms with van der Waals surface area (Å²) in [5.41, 5.74) is 2.36. The fourth-order valence-electron chi connectivity index (χ4n) is 2.26. The van der Waals surface area contributed by atoms with Crippen LogP contribution in [-0.2, 0) is 17.7 Å². The minimum Gasteiger partial charge on any atom is -0.444 e. The van der Waals surface area contributed by atoms with Gasteiger partial charge in [0.15, 0.2) is 5.82 Å². The van der Waals surface area contributed by atoms with E-state index in [2.05, 4.69) is 16.5 Å². The lowest BCUT2D eigenvalue weighted by molar-refractivity contribution is 0.0220. The number of carbonyl (C=O) groups is 1. The molecule has 118 valence electrons. The molecular weight excluding hydrogens is 278 g/mol. The Labute approximate surface area is 131 Å². The van der Waals surface area contributed by atoms with Crippen molar-refractivity contribution in [1.29, 1.82) is 0 Å². The van der Waals surface area contributed by atoms with Gasteiger partial charge in [-0.05, 0) is 39.7 Å². The summed E-state index contributed by atoms with van der Waals surface area (Å²) >= 11 is 0. The zero-order valence-corrected chi connectivity index (χ0v) is 13.7. The van der Waals surface area contributed by atoms with E-state index in [1.165, 1.54) is 0 Å². The molecule has 0 bridgehead atoms. The Bertz CT molecular complexity index is 615. The van der Waals surface area contributed by atoms with E-state index in [1.807, 2.05) is 40.0 Å². The van der Waals surface area contributed by atoms with Crippen molar-refractivity contribution in [2.75, 3.05) is 6.54 Å². The Kier molecular flexibility index (Phi) is 4.64. The van der Waals surface area contributed by atoms with E-state index in [4.69, 9.17) is 4.74 Å². The highest BCUT2D eigenvalue weighted by molar-refractivity contribution is 5.69. The summed E-state index contributed by atoms with van der Waals surface area (Å²) < 4.78 is 5.43. The van der Waals surface area contributed by atoms with Crippen LogP contribution in [0.3, 0.4) is 0 Å². The molecule has 0 aliphatic carbocycles. The topological polar surface area (TPSA) is 55.3 Å². The van der Waals surface area contributed by atoms with Crippen LogP contribution in [0.4, 0.5) is 4.79 Å². The van der Waals surface area contributed by atoms with Gasteiger partial charge in [-0.15, -0.1) is 0 Å². The molecule has 2 heterocycles. The van der Waals surface area contributed by atoms with Crippen molar-refractivity contribution in [2.24, 2.45) is 0 Å². The average molecular weight is 301 g/mol. The molecule has 1 amide bonds. The maximum atomic E-state index is 12.2. The van der Waals surface area contributed by atoms with Crippen molar-refractivity contribution in [1.82, 2.24) is 14.9 Å². The molecule has 5 nitrogen and oxygen atoms in total. The summed E-state index contributed by atoms with van der Waals surface area (Å²) in [7, 11) is 0. The summed E-state index contributed by atoms with van der Waals surface area (Å²) in [4.78, 5) is 22.8. The number of hydrogen-bond donors (Lipinski definition) is 0. The standard InChI is InChI=1S/C17H23N3O2/c1-6-12(7-2)15-18-10-13-8-9-20(11-14(13)19-15)16(21)22-17(3,4)5/h6-7,10H,1,8-9,11H2,2-5H3/b12-7+. The second-order valence-electron chi connectivity index (χ2n) is 6.27. The van der Waals surface area contributed by atoms with Crippen LogP contribution in [0.15, 0.2) is 24.9 Å². The fraction of sp³-hybridized carbons (Fsp3) is 0.471. The maximum absolute atomic E-state index is 12.2. The Morgan fingerprint density at radius 3 is 2.77 bits per heavy atom. The lowest BCUT2D eigenvalue weighted by Crippen LogP contribution is -2.40. The van der Waals surface area contributed by atoms with Gasteiger partial charge in [0, 0.05) is 18.3 Å². The fourth-order valence-corrected chi connectivity index (χ4v) is 2.26. The molecule has 1 aromatic rings. The van der Waals surface area contributed by atoms with Gasteiger partial charge in [-0.25, -0.2) is 14.8 Å². The molecule has 0 aromatic carbocycles. The van der Waals surface area contributed by atoms with E-state index in [-0.39, 0.29) is 6.09 Å². The molecule has 5 heteroatoms. The zero-order chi connectivity index (χ0) is 16.3. The minimum atomic E-state index is -0.491. The van der Waals surface area contributed by atoms with Crippen molar-refractivity contribution >= 4 is 11.7 Å². The maximum Gasteiger partial charge on any atom is 0.410 e. The van der Waals surface area contributed by atoms with Gasteiger partial charge in [-0.1, -0.05) is 18.7 Å². The quantitative estimate of drug-likeness (QED) is 0.786. The first-order valence-corrected chi connectivity index (χ1v) is 7.46. The smallest absolute Gasteiger partial charge is 0.410 e. The van der Waals surface area contributed by atoms with Crippen molar-refractivity contribution in [3.63, 3.8) is 0 Å². The normalized spacial score (nSPS) is 15.3. The van der Waals surface area contributed by atoms with Gasteiger partial charge in [-0.3, -0.25) is 0 Å². The van der Waals surface area contributed by atoms with Crippen molar-refractivity contribution in [3.05, 3.63) is 42.0 Å². The van der Waals surface area contributed by atoms with E-state index < -0.39 is 5.60 Å². The molecule has 1 aromatic heterocycles. The molecule has 0 N–H and O–H groups in total. The van der Waals surface area contributed by atoms with Crippen molar-refractivity contribution in [2.45, 2.75) is 46.3 Å². The molecule has 22 heavy (non-hydrogen) atoms. The van der Waals surface area contributed by atoms with E-state index in [0.717, 1.165) is 23.3 Å². The number of carbonyl (C=O) groups excluding carboxylic acids is 1. The van der Waals surface area contributed by atoms with Gasteiger partial charge in [0.05, 0.1) is 12.2 Å². The van der Waals surface area contributed by atoms with Crippen LogP contribution in [0.1, 0.15) is 44.8 Å². The second-order valence-corrected chi connectivity index (χ2v) is 6.27. The molecule has 0 unspecified atom stereocenters. The summed E-state index contributed by atoms with van der Waals surface area (Å²) in [6.45, 7) is 12.4. The van der Waals surface area contributed by atoms with E-state index in [9.17, 15) is 4.79 Å². The van der Waals surface area contributed by atoms with E-state index in [0.29, 0.717) is 18.9 Å². The van der Waals surface area contributed by atoms with Gasteiger partial charge in [0.2, 0.25) is 0 Å². The molecule has 0 atom stereocenters. The van der Waals surface area contributed by atoms with Crippen LogP contribution in [0.5, 0.6) is 0 Å². The van der Waals surface area contributed by atoms with Crippen LogP contribution >= 0.6 is 0 Å². The highest BCUT2D eigenvalue weighted by Gasteiger charge is 2.26. The molecule has 0 fully saturated rings. The van der Waals surface area contributed by atoms with E-state index in [1.54, 1.807) is 11.0 Å². The number of ether oxygens (including phenoxy) is 1. The third-order valence-electron chi connectivity index (χ3n) is 3.39. The minimum absolute atomic E-state index is 0.298. The first kappa shape index (κ1) is 16.2. The van der Waals surface area contributed by atoms with Gasteiger partial charge in [0.1, 0.15) is 5.60 Å². The summed E-state index contributed by atoms with van der Waals surface area (Å²) in [5.74, 6) is 0.641. The first-order valence-electron chi connectivity index (χ1n) is 7.46. The van der Waals surface area contributed by atoms with Crippen LogP contribution < -0.4 is 0 Å². The van der Waals surface area contributed by atoms with Crippen LogP contribution in [0, 0.1) is 0 Å². The number of rotatable bonds is 2. The lowest BCUT2D eigenvalue weighted by Gasteiger charge is -2.30. The third-order valence-corrected chi connectivity index (χ3v) is 3.39.